The Kier molecular flexibility index (Phi) is 4.30. The van der Waals surface area contributed by atoms with Gasteiger partial charge in [0.05, 0.1) is 17.1 Å². The van der Waals surface area contributed by atoms with E-state index in [1.165, 1.54) is 0 Å². The molecule has 0 atom stereocenters. The zero-order chi connectivity index (χ0) is 19.1. The van der Waals surface area contributed by atoms with Crippen LogP contribution in [-0.2, 0) is 6.54 Å². The van der Waals surface area contributed by atoms with E-state index >= 15 is 0 Å². The molecule has 7 nitrogen and oxygen atoms in total. The first kappa shape index (κ1) is 17.5. The van der Waals surface area contributed by atoms with Crippen molar-refractivity contribution in [1.82, 2.24) is 25.1 Å². The van der Waals surface area contributed by atoms with E-state index in [4.69, 9.17) is 4.98 Å². The van der Waals surface area contributed by atoms with E-state index in [9.17, 15) is 9.59 Å². The Balaban J connectivity index is 1.67. The summed E-state index contributed by atoms with van der Waals surface area (Å²) in [6, 6.07) is 5.60. The van der Waals surface area contributed by atoms with Crippen LogP contribution in [0.2, 0.25) is 0 Å². The van der Waals surface area contributed by atoms with Crippen molar-refractivity contribution < 1.29 is 4.79 Å². The monoisotopic (exact) mass is 365 g/mol. The fourth-order valence-corrected chi connectivity index (χ4v) is 3.20. The molecule has 0 aromatic carbocycles. The number of aromatic nitrogens is 4. The molecule has 140 valence electrons. The number of pyridine rings is 2. The van der Waals surface area contributed by atoms with Gasteiger partial charge in [0.25, 0.3) is 11.5 Å². The Morgan fingerprint density at radius 2 is 2.15 bits per heavy atom. The molecule has 0 radical (unpaired) electrons. The highest BCUT2D eigenvalue weighted by atomic mass is 16.1. The van der Waals surface area contributed by atoms with E-state index < -0.39 is 0 Å². The number of hydrogen-bond acceptors (Lipinski definition) is 4. The van der Waals surface area contributed by atoms with Gasteiger partial charge in [-0.1, -0.05) is 6.07 Å². The first-order valence-electron chi connectivity index (χ1n) is 9.29. The minimum absolute atomic E-state index is 0.159. The average molecular weight is 365 g/mol. The maximum absolute atomic E-state index is 12.9. The van der Waals surface area contributed by atoms with Crippen LogP contribution in [0, 0.1) is 6.92 Å². The van der Waals surface area contributed by atoms with E-state index in [1.807, 2.05) is 37.6 Å². The van der Waals surface area contributed by atoms with E-state index in [1.54, 1.807) is 12.3 Å². The van der Waals surface area contributed by atoms with E-state index in [0.717, 1.165) is 35.3 Å². The maximum Gasteiger partial charge on any atom is 0.253 e. The molecule has 4 rings (SSSR count). The summed E-state index contributed by atoms with van der Waals surface area (Å²) >= 11 is 0. The summed E-state index contributed by atoms with van der Waals surface area (Å²) < 4.78 is 1.85. The summed E-state index contributed by atoms with van der Waals surface area (Å²) in [5.74, 6) is 0.212. The Morgan fingerprint density at radius 3 is 2.81 bits per heavy atom. The van der Waals surface area contributed by atoms with Crippen LogP contribution < -0.4 is 10.9 Å². The standard InChI is InChI=1S/C20H23N5O2/c1-11(2)25-18-16(10-22-25)15(8-17(24-18)13-6-7-13)20(27)21-9-14-5-4-12(3)23-19(14)26/h4-5,8,10-11,13H,6-7,9H2,1-3H3,(H,21,27)(H,23,26). The van der Waals surface area contributed by atoms with Gasteiger partial charge < -0.3 is 10.3 Å². The molecule has 3 heterocycles. The van der Waals surface area contributed by atoms with Crippen LogP contribution in [0.3, 0.4) is 0 Å². The van der Waals surface area contributed by atoms with Crippen LogP contribution in [0.1, 0.15) is 66.0 Å². The minimum Gasteiger partial charge on any atom is -0.348 e. The summed E-state index contributed by atoms with van der Waals surface area (Å²) in [5, 5.41) is 8.03. The normalized spacial score (nSPS) is 14.1. The van der Waals surface area contributed by atoms with Crippen molar-refractivity contribution in [2.75, 3.05) is 0 Å². The zero-order valence-electron chi connectivity index (χ0n) is 15.7. The summed E-state index contributed by atoms with van der Waals surface area (Å²) in [4.78, 5) is 32.4. The van der Waals surface area contributed by atoms with Crippen molar-refractivity contribution in [3.63, 3.8) is 0 Å². The predicted molar refractivity (Wildman–Crippen MR) is 103 cm³/mol. The minimum atomic E-state index is -0.215. The molecular weight excluding hydrogens is 342 g/mol. The van der Waals surface area contributed by atoms with Crippen LogP contribution in [0.15, 0.2) is 29.2 Å². The molecule has 3 aromatic heterocycles. The zero-order valence-corrected chi connectivity index (χ0v) is 15.7. The molecule has 1 aliphatic carbocycles. The number of fused-ring (bicyclic) bond motifs is 1. The summed E-state index contributed by atoms with van der Waals surface area (Å²) in [6.07, 6.45) is 3.91. The SMILES string of the molecule is Cc1ccc(CNC(=O)c2cc(C3CC3)nc3c2cnn3C(C)C)c(=O)[nH]1. The highest BCUT2D eigenvalue weighted by molar-refractivity contribution is 6.05. The molecule has 2 N–H and O–H groups in total. The lowest BCUT2D eigenvalue weighted by atomic mass is 10.1. The van der Waals surface area contributed by atoms with Gasteiger partial charge >= 0.3 is 0 Å². The third kappa shape index (κ3) is 3.37. The molecule has 3 aromatic rings. The van der Waals surface area contributed by atoms with Gasteiger partial charge in [-0.25, -0.2) is 9.67 Å². The van der Waals surface area contributed by atoms with Gasteiger partial charge in [0.15, 0.2) is 5.65 Å². The molecule has 7 heteroatoms. The van der Waals surface area contributed by atoms with Gasteiger partial charge in [-0.2, -0.15) is 5.10 Å². The number of amides is 1. The van der Waals surface area contributed by atoms with Crippen molar-refractivity contribution in [2.45, 2.75) is 52.1 Å². The number of hydrogen-bond donors (Lipinski definition) is 2. The lowest BCUT2D eigenvalue weighted by Gasteiger charge is -2.10. The van der Waals surface area contributed by atoms with E-state index in [2.05, 4.69) is 15.4 Å². The molecule has 0 saturated heterocycles. The van der Waals surface area contributed by atoms with Crippen LogP contribution in [0.5, 0.6) is 0 Å². The van der Waals surface area contributed by atoms with Crippen molar-refractivity contribution in [1.29, 1.82) is 0 Å². The predicted octanol–water partition coefficient (Wildman–Crippen LogP) is 2.82. The first-order valence-corrected chi connectivity index (χ1v) is 9.29. The van der Waals surface area contributed by atoms with E-state index in [-0.39, 0.29) is 24.1 Å². The molecule has 1 fully saturated rings. The van der Waals surface area contributed by atoms with Gasteiger partial charge in [0.1, 0.15) is 0 Å². The Labute approximate surface area is 156 Å². The van der Waals surface area contributed by atoms with Crippen molar-refractivity contribution in [3.05, 3.63) is 57.3 Å². The number of nitrogens with one attached hydrogen (secondary N) is 2. The molecule has 0 aliphatic heterocycles. The molecular formula is C20H23N5O2. The number of aryl methyl sites for hydroxylation is 1. The number of aromatic amines is 1. The Hall–Kier alpha value is -2.96. The van der Waals surface area contributed by atoms with Gasteiger partial charge in [-0.15, -0.1) is 0 Å². The third-order valence-corrected chi connectivity index (χ3v) is 4.89. The number of H-pyrrole nitrogens is 1. The number of carbonyl (C=O) groups is 1. The molecule has 27 heavy (non-hydrogen) atoms. The molecule has 1 saturated carbocycles. The summed E-state index contributed by atoms with van der Waals surface area (Å²) in [6.45, 7) is 6.08. The van der Waals surface area contributed by atoms with E-state index in [0.29, 0.717) is 17.0 Å². The van der Waals surface area contributed by atoms with Crippen molar-refractivity contribution in [3.8, 4) is 0 Å². The number of rotatable bonds is 5. The summed E-state index contributed by atoms with van der Waals surface area (Å²) in [5.41, 5.74) is 3.40. The fraction of sp³-hybridized carbons (Fsp3) is 0.400. The van der Waals surface area contributed by atoms with Crippen LogP contribution in [0.25, 0.3) is 11.0 Å². The second-order valence-corrected chi connectivity index (χ2v) is 7.47. The van der Waals surface area contributed by atoms with Crippen LogP contribution in [-0.4, -0.2) is 25.7 Å². The number of nitrogens with zero attached hydrogens (tertiary/aromatic N) is 3. The van der Waals surface area contributed by atoms with Gasteiger partial charge in [0, 0.05) is 35.5 Å². The average Bonchev–Trinajstić information content (AvgIpc) is 3.38. The highest BCUT2D eigenvalue weighted by Gasteiger charge is 2.28. The largest absolute Gasteiger partial charge is 0.348 e. The molecule has 0 unspecified atom stereocenters. The van der Waals surface area contributed by atoms with Crippen LogP contribution >= 0.6 is 0 Å². The smallest absolute Gasteiger partial charge is 0.253 e. The van der Waals surface area contributed by atoms with Crippen molar-refractivity contribution >= 4 is 16.9 Å². The lowest BCUT2D eigenvalue weighted by Crippen LogP contribution is -2.27. The maximum atomic E-state index is 12.9. The second kappa shape index (κ2) is 6.64. The Morgan fingerprint density at radius 1 is 1.37 bits per heavy atom. The molecule has 1 amide bonds. The van der Waals surface area contributed by atoms with Gasteiger partial charge in [0.2, 0.25) is 0 Å². The third-order valence-electron chi connectivity index (χ3n) is 4.89. The van der Waals surface area contributed by atoms with Gasteiger partial charge in [-0.05, 0) is 45.7 Å². The summed E-state index contributed by atoms with van der Waals surface area (Å²) in [7, 11) is 0. The highest BCUT2D eigenvalue weighted by Crippen LogP contribution is 2.40. The first-order chi connectivity index (χ1) is 12.9. The van der Waals surface area contributed by atoms with Gasteiger partial charge in [-0.3, -0.25) is 9.59 Å². The quantitative estimate of drug-likeness (QED) is 0.727. The topological polar surface area (TPSA) is 92.7 Å². The van der Waals surface area contributed by atoms with Crippen LogP contribution in [0.4, 0.5) is 0 Å². The fourth-order valence-electron chi connectivity index (χ4n) is 3.20. The lowest BCUT2D eigenvalue weighted by molar-refractivity contribution is 0.0952. The Bertz CT molecular complexity index is 1080. The molecule has 1 aliphatic rings. The molecule has 0 spiro atoms. The molecule has 0 bridgehead atoms. The second-order valence-electron chi connectivity index (χ2n) is 7.47. The van der Waals surface area contributed by atoms with Crippen molar-refractivity contribution in [2.24, 2.45) is 0 Å². The number of carbonyl (C=O) groups excluding carboxylic acids is 1.